The minimum absolute atomic E-state index is 0.0149. The van der Waals surface area contributed by atoms with Crippen LogP contribution < -0.4 is 4.90 Å². The van der Waals surface area contributed by atoms with Crippen molar-refractivity contribution in [2.24, 2.45) is 0 Å². The Hall–Kier alpha value is -4.60. The summed E-state index contributed by atoms with van der Waals surface area (Å²) in [5.74, 6) is -2.84. The molecule has 232 valence electrons. The zero-order chi connectivity index (χ0) is 32.2. The molecular weight excluding hydrogens is 567 g/mol. The second kappa shape index (κ2) is 13.4. The molecule has 0 unspecified atom stereocenters. The van der Waals surface area contributed by atoms with Crippen LogP contribution in [0, 0.1) is 5.82 Å². The Morgan fingerprint density at radius 2 is 1.66 bits per heavy atom. The maximum Gasteiger partial charge on any atom is 0.342 e. The van der Waals surface area contributed by atoms with Gasteiger partial charge in [0.2, 0.25) is 0 Å². The third-order valence-corrected chi connectivity index (χ3v) is 7.27. The molecule has 0 aliphatic carbocycles. The lowest BCUT2D eigenvalue weighted by Gasteiger charge is -2.30. The van der Waals surface area contributed by atoms with E-state index >= 15 is 0 Å². The van der Waals surface area contributed by atoms with E-state index in [1.54, 1.807) is 44.7 Å². The van der Waals surface area contributed by atoms with Crippen LogP contribution in [0.1, 0.15) is 89.8 Å². The molecule has 3 aromatic rings. The number of carbonyl (C=O) groups is 4. The standard InChI is InChI=1S/C34H37FN2O7/c1-6-43-33(42)29-28(22-12-14-23(15-13-22)31(39)40)27(20(2)38)25(18-11-21-9-16-24(35)17-10-21)36-30(29)37-19-7-8-26(37)32(41)44-34(3,4)5/h9-10,12-17,26H,6-8,11,18-19H2,1-5H3,(H,39,40)/t26-/m0/s1. The third-order valence-electron chi connectivity index (χ3n) is 7.27. The molecule has 1 fully saturated rings. The van der Waals surface area contributed by atoms with Gasteiger partial charge >= 0.3 is 17.9 Å². The van der Waals surface area contributed by atoms with Crippen LogP contribution in [-0.2, 0) is 27.1 Å². The molecule has 2 aromatic carbocycles. The molecule has 2 heterocycles. The number of aromatic carboxylic acids is 1. The van der Waals surface area contributed by atoms with Crippen molar-refractivity contribution in [1.82, 2.24) is 4.98 Å². The number of rotatable bonds is 10. The second-order valence-corrected chi connectivity index (χ2v) is 11.7. The van der Waals surface area contributed by atoms with Gasteiger partial charge in [0, 0.05) is 17.7 Å². The van der Waals surface area contributed by atoms with Crippen LogP contribution in [0.3, 0.4) is 0 Å². The summed E-state index contributed by atoms with van der Waals surface area (Å²) < 4.78 is 24.8. The number of hydrogen-bond donors (Lipinski definition) is 1. The van der Waals surface area contributed by atoms with E-state index in [0.29, 0.717) is 37.1 Å². The molecule has 1 aliphatic rings. The zero-order valence-electron chi connectivity index (χ0n) is 25.6. The molecule has 0 saturated carbocycles. The number of Topliss-reactive ketones (excluding diaryl/α,β-unsaturated/α-hetero) is 1. The highest BCUT2D eigenvalue weighted by molar-refractivity contribution is 6.11. The molecule has 44 heavy (non-hydrogen) atoms. The van der Waals surface area contributed by atoms with E-state index in [1.807, 2.05) is 0 Å². The number of carboxylic acid groups (broad SMARTS) is 1. The Morgan fingerprint density at radius 3 is 2.23 bits per heavy atom. The highest BCUT2D eigenvalue weighted by Gasteiger charge is 2.39. The molecule has 10 heteroatoms. The number of benzene rings is 2. The number of aryl methyl sites for hydroxylation is 2. The summed E-state index contributed by atoms with van der Waals surface area (Å²) >= 11 is 0. The van der Waals surface area contributed by atoms with E-state index in [9.17, 15) is 28.7 Å². The molecule has 0 bridgehead atoms. The van der Waals surface area contributed by atoms with Gasteiger partial charge in [0.1, 0.15) is 28.8 Å². The van der Waals surface area contributed by atoms with Crippen molar-refractivity contribution >= 4 is 29.5 Å². The number of ether oxygens (including phenoxy) is 2. The number of esters is 2. The van der Waals surface area contributed by atoms with Crippen molar-refractivity contribution < 1.29 is 38.1 Å². The summed E-state index contributed by atoms with van der Waals surface area (Å²) in [6, 6.07) is 11.2. The van der Waals surface area contributed by atoms with Crippen molar-refractivity contribution in [2.75, 3.05) is 18.1 Å². The van der Waals surface area contributed by atoms with Crippen molar-refractivity contribution in [3.05, 3.63) is 82.3 Å². The van der Waals surface area contributed by atoms with Crippen molar-refractivity contribution in [2.45, 2.75) is 71.9 Å². The summed E-state index contributed by atoms with van der Waals surface area (Å²) in [7, 11) is 0. The number of aromatic nitrogens is 1. The van der Waals surface area contributed by atoms with Crippen LogP contribution in [-0.4, -0.2) is 58.6 Å². The molecule has 9 nitrogen and oxygen atoms in total. The lowest BCUT2D eigenvalue weighted by molar-refractivity contribution is -0.156. The maximum atomic E-state index is 13.7. The molecule has 0 amide bonds. The first kappa shape index (κ1) is 32.3. The largest absolute Gasteiger partial charge is 0.478 e. The summed E-state index contributed by atoms with van der Waals surface area (Å²) in [6.07, 6.45) is 1.79. The highest BCUT2D eigenvalue weighted by Crippen LogP contribution is 2.39. The Morgan fingerprint density at radius 1 is 1.00 bits per heavy atom. The average molecular weight is 605 g/mol. The molecule has 1 aliphatic heterocycles. The van der Waals surface area contributed by atoms with E-state index in [0.717, 1.165) is 5.56 Å². The minimum Gasteiger partial charge on any atom is -0.478 e. The first-order valence-corrected chi connectivity index (χ1v) is 14.6. The van der Waals surface area contributed by atoms with Crippen LogP contribution >= 0.6 is 0 Å². The summed E-state index contributed by atoms with van der Waals surface area (Å²) in [4.78, 5) is 58.7. The van der Waals surface area contributed by atoms with Gasteiger partial charge in [-0.3, -0.25) is 4.79 Å². The molecule has 0 spiro atoms. The van der Waals surface area contributed by atoms with Crippen LogP contribution in [0.2, 0.25) is 0 Å². The number of hydrogen-bond acceptors (Lipinski definition) is 8. The van der Waals surface area contributed by atoms with E-state index < -0.39 is 29.6 Å². The number of pyridine rings is 1. The van der Waals surface area contributed by atoms with Crippen molar-refractivity contribution in [3.63, 3.8) is 0 Å². The molecule has 1 aromatic heterocycles. The molecule has 1 saturated heterocycles. The van der Waals surface area contributed by atoms with Gasteiger partial charge in [-0.15, -0.1) is 0 Å². The van der Waals surface area contributed by atoms with E-state index in [-0.39, 0.29) is 52.7 Å². The third kappa shape index (κ3) is 7.30. The Kier molecular flexibility index (Phi) is 9.81. The smallest absolute Gasteiger partial charge is 0.342 e. The lowest BCUT2D eigenvalue weighted by atomic mass is 9.89. The molecule has 0 radical (unpaired) electrons. The summed E-state index contributed by atoms with van der Waals surface area (Å²) in [6.45, 7) is 8.82. The van der Waals surface area contributed by atoms with Gasteiger partial charge < -0.3 is 19.5 Å². The fraction of sp³-hybridized carbons (Fsp3) is 0.382. The zero-order valence-corrected chi connectivity index (χ0v) is 25.6. The van der Waals surface area contributed by atoms with Crippen molar-refractivity contribution in [1.29, 1.82) is 0 Å². The number of carboxylic acids is 1. The first-order valence-electron chi connectivity index (χ1n) is 14.6. The van der Waals surface area contributed by atoms with E-state index in [1.165, 1.54) is 43.3 Å². The minimum atomic E-state index is -1.12. The highest BCUT2D eigenvalue weighted by atomic mass is 19.1. The number of carbonyl (C=O) groups excluding carboxylic acids is 3. The Labute approximate surface area is 256 Å². The first-order chi connectivity index (χ1) is 20.8. The molecule has 1 atom stereocenters. The molecular formula is C34H37FN2O7. The quantitative estimate of drug-likeness (QED) is 0.217. The van der Waals surface area contributed by atoms with Crippen LogP contribution in [0.25, 0.3) is 11.1 Å². The number of nitrogens with zero attached hydrogens (tertiary/aromatic N) is 2. The lowest BCUT2D eigenvalue weighted by Crippen LogP contribution is -2.42. The predicted molar refractivity (Wildman–Crippen MR) is 163 cm³/mol. The Balaban J connectivity index is 1.99. The van der Waals surface area contributed by atoms with Gasteiger partial charge in [0.05, 0.1) is 17.9 Å². The van der Waals surface area contributed by atoms with Crippen LogP contribution in [0.15, 0.2) is 48.5 Å². The monoisotopic (exact) mass is 604 g/mol. The van der Waals surface area contributed by atoms with Gasteiger partial charge in [-0.1, -0.05) is 24.3 Å². The van der Waals surface area contributed by atoms with Gasteiger partial charge in [0.25, 0.3) is 0 Å². The van der Waals surface area contributed by atoms with Crippen molar-refractivity contribution in [3.8, 4) is 11.1 Å². The fourth-order valence-corrected chi connectivity index (χ4v) is 5.40. The second-order valence-electron chi connectivity index (χ2n) is 11.7. The van der Waals surface area contributed by atoms with Gasteiger partial charge in [-0.2, -0.15) is 0 Å². The van der Waals surface area contributed by atoms with Gasteiger partial charge in [-0.05, 0) is 95.7 Å². The number of halogens is 1. The van der Waals surface area contributed by atoms with Crippen LogP contribution in [0.5, 0.6) is 0 Å². The van der Waals surface area contributed by atoms with E-state index in [4.69, 9.17) is 14.5 Å². The van der Waals surface area contributed by atoms with E-state index in [2.05, 4.69) is 0 Å². The fourth-order valence-electron chi connectivity index (χ4n) is 5.40. The topological polar surface area (TPSA) is 123 Å². The number of ketones is 1. The summed E-state index contributed by atoms with van der Waals surface area (Å²) in [5, 5.41) is 9.48. The Bertz CT molecular complexity index is 1560. The summed E-state index contributed by atoms with van der Waals surface area (Å²) in [5.41, 5.74) is 1.38. The number of anilines is 1. The van der Waals surface area contributed by atoms with Gasteiger partial charge in [0.15, 0.2) is 5.78 Å². The molecule has 4 rings (SSSR count). The average Bonchev–Trinajstić information content (AvgIpc) is 3.45. The maximum absolute atomic E-state index is 13.7. The predicted octanol–water partition coefficient (Wildman–Crippen LogP) is 6.06. The normalized spacial score (nSPS) is 14.8. The molecule has 1 N–H and O–H groups in total. The SMILES string of the molecule is CCOC(=O)c1c(N2CCC[C@H]2C(=O)OC(C)(C)C)nc(CCc2ccc(F)cc2)c(C(C)=O)c1-c1ccc(C(=O)O)cc1. The van der Waals surface area contributed by atoms with Gasteiger partial charge in [-0.25, -0.2) is 23.8 Å². The van der Waals surface area contributed by atoms with Crippen LogP contribution in [0.4, 0.5) is 10.2 Å².